The van der Waals surface area contributed by atoms with Crippen LogP contribution in [0.3, 0.4) is 0 Å². The average molecular weight is 308 g/mol. The molecule has 0 aromatic rings. The van der Waals surface area contributed by atoms with Gasteiger partial charge in [-0.15, -0.1) is 5.73 Å². The Bertz CT molecular complexity index is 377. The van der Waals surface area contributed by atoms with Crippen LogP contribution in [0.2, 0.25) is 0 Å². The van der Waals surface area contributed by atoms with Crippen LogP contribution in [0.1, 0.15) is 46.0 Å². The van der Waals surface area contributed by atoms with Gasteiger partial charge in [-0.2, -0.15) is 11.8 Å². The maximum atomic E-state index is 10.6. The van der Waals surface area contributed by atoms with E-state index in [9.17, 15) is 4.79 Å². The lowest BCUT2D eigenvalue weighted by Crippen LogP contribution is -2.08. The molecule has 0 bridgehead atoms. The summed E-state index contributed by atoms with van der Waals surface area (Å²) in [6.07, 6.45) is 17.5. The molecule has 0 radical (unpaired) electrons. The van der Waals surface area contributed by atoms with Crippen LogP contribution in [-0.2, 0) is 4.79 Å². The van der Waals surface area contributed by atoms with E-state index >= 15 is 0 Å². The SMILES string of the molecule is CC/C=C\C/C=C\CCSCC=C=CCCC(C)C(=O)O. The number of hydrogen-bond donors (Lipinski definition) is 1. The summed E-state index contributed by atoms with van der Waals surface area (Å²) >= 11 is 1.89. The Labute approximate surface area is 133 Å². The second-order valence-corrected chi connectivity index (χ2v) is 5.99. The third-order valence-electron chi connectivity index (χ3n) is 2.87. The van der Waals surface area contributed by atoms with Gasteiger partial charge in [-0.3, -0.25) is 4.79 Å². The quantitative estimate of drug-likeness (QED) is 0.304. The molecule has 0 saturated heterocycles. The van der Waals surface area contributed by atoms with E-state index in [0.717, 1.165) is 37.2 Å². The fraction of sp³-hybridized carbons (Fsp3) is 0.556. The highest BCUT2D eigenvalue weighted by molar-refractivity contribution is 7.99. The van der Waals surface area contributed by atoms with Gasteiger partial charge in [-0.1, -0.05) is 38.2 Å². The highest BCUT2D eigenvalue weighted by Gasteiger charge is 2.08. The Morgan fingerprint density at radius 3 is 2.67 bits per heavy atom. The summed E-state index contributed by atoms with van der Waals surface area (Å²) in [6.45, 7) is 3.88. The minimum Gasteiger partial charge on any atom is -0.481 e. The van der Waals surface area contributed by atoms with Gasteiger partial charge in [-0.25, -0.2) is 0 Å². The Morgan fingerprint density at radius 1 is 1.19 bits per heavy atom. The molecule has 0 amide bonds. The monoisotopic (exact) mass is 308 g/mol. The van der Waals surface area contributed by atoms with Crippen LogP contribution in [0.25, 0.3) is 0 Å². The number of allylic oxidation sites excluding steroid dienone is 4. The average Bonchev–Trinajstić information content (AvgIpc) is 2.47. The molecular formula is C18H28O2S. The lowest BCUT2D eigenvalue weighted by Gasteiger charge is -2.00. The van der Waals surface area contributed by atoms with Crippen LogP contribution in [-0.4, -0.2) is 22.6 Å². The normalized spacial score (nSPS) is 12.5. The van der Waals surface area contributed by atoms with Crippen molar-refractivity contribution in [3.63, 3.8) is 0 Å². The van der Waals surface area contributed by atoms with Crippen LogP contribution < -0.4 is 0 Å². The fourth-order valence-electron chi connectivity index (χ4n) is 1.52. The molecule has 1 atom stereocenters. The van der Waals surface area contributed by atoms with E-state index in [0.29, 0.717) is 6.42 Å². The molecule has 2 nitrogen and oxygen atoms in total. The van der Waals surface area contributed by atoms with Gasteiger partial charge in [0.15, 0.2) is 0 Å². The lowest BCUT2D eigenvalue weighted by molar-refractivity contribution is -0.141. The number of carboxylic acid groups (broad SMARTS) is 1. The second kappa shape index (κ2) is 15.2. The molecular weight excluding hydrogens is 280 g/mol. The molecule has 0 aliphatic carbocycles. The molecule has 0 heterocycles. The zero-order valence-corrected chi connectivity index (χ0v) is 14.1. The first kappa shape index (κ1) is 19.8. The van der Waals surface area contributed by atoms with Gasteiger partial charge in [0, 0.05) is 5.75 Å². The summed E-state index contributed by atoms with van der Waals surface area (Å²) in [4.78, 5) is 10.6. The first-order chi connectivity index (χ1) is 10.2. The molecule has 0 spiro atoms. The number of aliphatic carboxylic acids is 1. The van der Waals surface area contributed by atoms with Crippen molar-refractivity contribution in [3.05, 3.63) is 42.2 Å². The lowest BCUT2D eigenvalue weighted by atomic mass is 10.1. The molecule has 0 aliphatic rings. The first-order valence-electron chi connectivity index (χ1n) is 7.68. The third-order valence-corrected chi connectivity index (χ3v) is 3.80. The number of hydrogen-bond acceptors (Lipinski definition) is 2. The molecule has 0 aliphatic heterocycles. The Balaban J connectivity index is 3.47. The van der Waals surface area contributed by atoms with E-state index in [4.69, 9.17) is 5.11 Å². The molecule has 3 heteroatoms. The molecule has 21 heavy (non-hydrogen) atoms. The Kier molecular flexibility index (Phi) is 14.4. The molecule has 0 fully saturated rings. The minimum absolute atomic E-state index is 0.267. The number of carbonyl (C=O) groups is 1. The van der Waals surface area contributed by atoms with E-state index < -0.39 is 5.97 Å². The van der Waals surface area contributed by atoms with E-state index in [1.165, 1.54) is 0 Å². The highest BCUT2D eigenvalue weighted by atomic mass is 32.2. The van der Waals surface area contributed by atoms with Crippen molar-refractivity contribution in [2.24, 2.45) is 5.92 Å². The van der Waals surface area contributed by atoms with Gasteiger partial charge in [0.2, 0.25) is 0 Å². The third kappa shape index (κ3) is 15.0. The van der Waals surface area contributed by atoms with Gasteiger partial charge >= 0.3 is 5.97 Å². The van der Waals surface area contributed by atoms with Crippen LogP contribution >= 0.6 is 11.8 Å². The van der Waals surface area contributed by atoms with Gasteiger partial charge in [0.05, 0.1) is 5.92 Å². The van der Waals surface area contributed by atoms with Gasteiger partial charge in [0.25, 0.3) is 0 Å². The van der Waals surface area contributed by atoms with Crippen LogP contribution in [0.15, 0.2) is 42.2 Å². The summed E-state index contributed by atoms with van der Waals surface area (Å²) < 4.78 is 0. The number of thioether (sulfide) groups is 1. The van der Waals surface area contributed by atoms with Gasteiger partial charge in [-0.05, 0) is 50.0 Å². The molecule has 0 saturated carbocycles. The predicted octanol–water partition coefficient (Wildman–Crippen LogP) is 5.23. The summed E-state index contributed by atoms with van der Waals surface area (Å²) in [7, 11) is 0. The van der Waals surface area contributed by atoms with E-state index in [1.807, 2.05) is 23.9 Å². The first-order valence-corrected chi connectivity index (χ1v) is 8.83. The van der Waals surface area contributed by atoms with Crippen LogP contribution in [0.4, 0.5) is 0 Å². The summed E-state index contributed by atoms with van der Waals surface area (Å²) in [5.41, 5.74) is 3.11. The molecule has 0 aromatic heterocycles. The van der Waals surface area contributed by atoms with Crippen LogP contribution in [0, 0.1) is 5.92 Å². The largest absolute Gasteiger partial charge is 0.481 e. The van der Waals surface area contributed by atoms with Crippen molar-refractivity contribution in [2.45, 2.75) is 46.0 Å². The standard InChI is InChI=1S/C18H28O2S/c1-3-4-5-6-7-9-12-15-21-16-13-10-8-11-14-17(2)18(19)20/h4-5,7-9,13,17H,3,6,11-12,14-16H2,1-2H3,(H,19,20)/b5-4-,9-7-. The second-order valence-electron chi connectivity index (χ2n) is 4.84. The van der Waals surface area contributed by atoms with E-state index in [2.05, 4.69) is 37.0 Å². The predicted molar refractivity (Wildman–Crippen MR) is 93.8 cm³/mol. The zero-order chi connectivity index (χ0) is 15.8. The van der Waals surface area contributed by atoms with Crippen molar-refractivity contribution in [3.8, 4) is 0 Å². The molecule has 0 rings (SSSR count). The van der Waals surface area contributed by atoms with Gasteiger partial charge in [0.1, 0.15) is 0 Å². The van der Waals surface area contributed by atoms with Crippen LogP contribution in [0.5, 0.6) is 0 Å². The zero-order valence-electron chi connectivity index (χ0n) is 13.3. The Hall–Kier alpha value is -1.18. The van der Waals surface area contributed by atoms with Crippen molar-refractivity contribution in [1.29, 1.82) is 0 Å². The number of carboxylic acids is 1. The minimum atomic E-state index is -0.721. The molecule has 118 valence electrons. The summed E-state index contributed by atoms with van der Waals surface area (Å²) in [5, 5.41) is 8.73. The fourth-order valence-corrected chi connectivity index (χ4v) is 2.20. The Morgan fingerprint density at radius 2 is 1.95 bits per heavy atom. The van der Waals surface area contributed by atoms with Crippen molar-refractivity contribution in [1.82, 2.24) is 0 Å². The highest BCUT2D eigenvalue weighted by Crippen LogP contribution is 2.06. The van der Waals surface area contributed by atoms with Crippen molar-refractivity contribution < 1.29 is 9.90 Å². The molecule has 1 N–H and O–H groups in total. The smallest absolute Gasteiger partial charge is 0.306 e. The van der Waals surface area contributed by atoms with Crippen molar-refractivity contribution >= 4 is 17.7 Å². The van der Waals surface area contributed by atoms with Crippen molar-refractivity contribution in [2.75, 3.05) is 11.5 Å². The number of rotatable bonds is 12. The topological polar surface area (TPSA) is 37.3 Å². The maximum absolute atomic E-state index is 10.6. The van der Waals surface area contributed by atoms with Gasteiger partial charge < -0.3 is 5.11 Å². The summed E-state index contributed by atoms with van der Waals surface area (Å²) in [5.74, 6) is 1.11. The molecule has 0 aromatic carbocycles. The summed E-state index contributed by atoms with van der Waals surface area (Å²) in [6, 6.07) is 0. The van der Waals surface area contributed by atoms with E-state index in [-0.39, 0.29) is 5.92 Å². The van der Waals surface area contributed by atoms with E-state index in [1.54, 1.807) is 6.92 Å². The molecule has 1 unspecified atom stereocenters. The maximum Gasteiger partial charge on any atom is 0.306 e.